The fraction of sp³-hybridized carbons (Fsp3) is 0.579. The zero-order chi connectivity index (χ0) is 18.4. The highest BCUT2D eigenvalue weighted by atomic mass is 16.7. The highest BCUT2D eigenvalue weighted by Gasteiger charge is 2.32. The molecule has 0 radical (unpaired) electrons. The summed E-state index contributed by atoms with van der Waals surface area (Å²) in [7, 11) is 0. The van der Waals surface area contributed by atoms with E-state index in [1.54, 1.807) is 0 Å². The van der Waals surface area contributed by atoms with Crippen molar-refractivity contribution in [2.45, 2.75) is 57.8 Å². The minimum atomic E-state index is -1.09. The maximum Gasteiger partial charge on any atom is 0.310 e. The predicted octanol–water partition coefficient (Wildman–Crippen LogP) is 3.14. The number of Topliss-reactive ketones (excluding diaryl/α,β-unsaturated/α-hetero) is 1. The van der Waals surface area contributed by atoms with Crippen molar-refractivity contribution in [2.75, 3.05) is 13.2 Å². The molecule has 0 saturated carbocycles. The lowest BCUT2D eigenvalue weighted by Crippen LogP contribution is -2.22. The van der Waals surface area contributed by atoms with E-state index in [1.165, 1.54) is 0 Å². The van der Waals surface area contributed by atoms with Crippen LogP contribution in [0.2, 0.25) is 0 Å². The van der Waals surface area contributed by atoms with Gasteiger partial charge in [-0.05, 0) is 38.0 Å². The minimum Gasteiger partial charge on any atom is -0.493 e. The summed E-state index contributed by atoms with van der Waals surface area (Å²) in [4.78, 5) is 22.7. The molecule has 0 spiro atoms. The van der Waals surface area contributed by atoms with Crippen LogP contribution in [-0.2, 0) is 19.1 Å². The van der Waals surface area contributed by atoms with Gasteiger partial charge in [0.05, 0.1) is 19.3 Å². The van der Waals surface area contributed by atoms with Crippen molar-refractivity contribution in [1.82, 2.24) is 0 Å². The largest absolute Gasteiger partial charge is 0.493 e. The van der Waals surface area contributed by atoms with Crippen molar-refractivity contribution in [3.8, 4) is 5.75 Å². The van der Waals surface area contributed by atoms with E-state index in [2.05, 4.69) is 0 Å². The molecule has 1 aromatic carbocycles. The van der Waals surface area contributed by atoms with Crippen LogP contribution in [0.4, 0.5) is 0 Å². The van der Waals surface area contributed by atoms with Crippen LogP contribution in [-0.4, -0.2) is 42.0 Å². The first-order chi connectivity index (χ1) is 11.8. The Hall–Kier alpha value is -1.92. The van der Waals surface area contributed by atoms with Gasteiger partial charge < -0.3 is 19.3 Å². The number of carboxylic acid groups (broad SMARTS) is 1. The molecule has 0 aliphatic carbocycles. The first kappa shape index (κ1) is 19.4. The summed E-state index contributed by atoms with van der Waals surface area (Å²) in [5.74, 6) is -1.57. The lowest BCUT2D eigenvalue weighted by Gasteiger charge is -2.17. The number of benzene rings is 1. The molecule has 1 aliphatic rings. The minimum absolute atomic E-state index is 0.0346. The third-order valence-corrected chi connectivity index (χ3v) is 4.18. The highest BCUT2D eigenvalue weighted by molar-refractivity contribution is 5.98. The lowest BCUT2D eigenvalue weighted by molar-refractivity contribution is -0.141. The number of carbonyl (C=O) groups excluding carboxylic acids is 1. The number of rotatable bonds is 9. The number of aliphatic carboxylic acids is 1. The average molecular weight is 350 g/mol. The van der Waals surface area contributed by atoms with Gasteiger partial charge in [0.25, 0.3) is 0 Å². The Morgan fingerprint density at radius 3 is 2.52 bits per heavy atom. The van der Waals surface area contributed by atoms with Crippen LogP contribution in [0.15, 0.2) is 24.3 Å². The van der Waals surface area contributed by atoms with Gasteiger partial charge in [-0.15, -0.1) is 0 Å². The van der Waals surface area contributed by atoms with Crippen molar-refractivity contribution in [2.24, 2.45) is 0 Å². The molecular weight excluding hydrogens is 324 g/mol. The first-order valence-electron chi connectivity index (χ1n) is 8.59. The Balaban J connectivity index is 1.84. The fourth-order valence-electron chi connectivity index (χ4n) is 2.93. The molecule has 6 nitrogen and oxygen atoms in total. The van der Waals surface area contributed by atoms with Gasteiger partial charge in [-0.3, -0.25) is 9.59 Å². The molecule has 6 heteroatoms. The van der Waals surface area contributed by atoms with Gasteiger partial charge in [0.2, 0.25) is 0 Å². The van der Waals surface area contributed by atoms with Crippen molar-refractivity contribution in [1.29, 1.82) is 0 Å². The van der Waals surface area contributed by atoms with E-state index >= 15 is 0 Å². The molecule has 0 amide bonds. The van der Waals surface area contributed by atoms with Gasteiger partial charge in [-0.25, -0.2) is 0 Å². The van der Waals surface area contributed by atoms with Crippen molar-refractivity contribution >= 4 is 11.8 Å². The summed E-state index contributed by atoms with van der Waals surface area (Å²) < 4.78 is 16.9. The Bertz CT molecular complexity index is 592. The van der Waals surface area contributed by atoms with Crippen LogP contribution in [0.3, 0.4) is 0 Å². The number of carbonyl (C=O) groups is 2. The molecule has 138 valence electrons. The van der Waals surface area contributed by atoms with E-state index in [0.717, 1.165) is 12.0 Å². The second kappa shape index (κ2) is 8.45. The molecule has 25 heavy (non-hydrogen) atoms. The third kappa shape index (κ3) is 5.83. The van der Waals surface area contributed by atoms with E-state index in [9.17, 15) is 9.59 Å². The molecule has 1 aliphatic heterocycles. The molecule has 1 saturated heterocycles. The molecular formula is C19H26O6. The van der Waals surface area contributed by atoms with Crippen LogP contribution in [0.1, 0.15) is 51.5 Å². The third-order valence-electron chi connectivity index (χ3n) is 4.18. The van der Waals surface area contributed by atoms with Gasteiger partial charge in [-0.1, -0.05) is 19.1 Å². The molecule has 1 heterocycles. The van der Waals surface area contributed by atoms with E-state index < -0.39 is 24.1 Å². The van der Waals surface area contributed by atoms with E-state index in [-0.39, 0.29) is 11.9 Å². The average Bonchev–Trinajstić information content (AvgIpc) is 2.88. The first-order valence-corrected chi connectivity index (χ1v) is 8.59. The predicted molar refractivity (Wildman–Crippen MR) is 91.7 cm³/mol. The number of ketones is 1. The van der Waals surface area contributed by atoms with Gasteiger partial charge in [0.15, 0.2) is 11.6 Å². The molecule has 2 atom stereocenters. The number of hydrogen-bond acceptors (Lipinski definition) is 5. The van der Waals surface area contributed by atoms with Crippen molar-refractivity contribution < 1.29 is 28.9 Å². The van der Waals surface area contributed by atoms with Gasteiger partial charge in [0, 0.05) is 12.3 Å². The molecule has 1 aromatic rings. The molecule has 1 N–H and O–H groups in total. The summed E-state index contributed by atoms with van der Waals surface area (Å²) in [5, 5.41) is 8.78. The molecule has 0 aromatic heterocycles. The summed E-state index contributed by atoms with van der Waals surface area (Å²) in [5.41, 5.74) is 0.815. The maximum absolute atomic E-state index is 12.0. The zero-order valence-corrected chi connectivity index (χ0v) is 15.0. The molecule has 2 unspecified atom stereocenters. The Labute approximate surface area is 148 Å². The maximum atomic E-state index is 12.0. The van der Waals surface area contributed by atoms with Crippen LogP contribution in [0.5, 0.6) is 5.75 Å². The van der Waals surface area contributed by atoms with Gasteiger partial charge >= 0.3 is 5.97 Å². The molecule has 1 fully saturated rings. The smallest absolute Gasteiger partial charge is 0.310 e. The molecule has 2 rings (SSSR count). The number of ether oxygens (including phenoxy) is 3. The van der Waals surface area contributed by atoms with Crippen LogP contribution in [0, 0.1) is 0 Å². The van der Waals surface area contributed by atoms with E-state index in [1.807, 2.05) is 45.0 Å². The number of hydrogen-bond donors (Lipinski definition) is 1. The molecule has 0 bridgehead atoms. The topological polar surface area (TPSA) is 82.1 Å². The van der Waals surface area contributed by atoms with Crippen molar-refractivity contribution in [3.63, 3.8) is 0 Å². The van der Waals surface area contributed by atoms with Crippen LogP contribution >= 0.6 is 0 Å². The van der Waals surface area contributed by atoms with E-state index in [4.69, 9.17) is 19.3 Å². The standard InChI is InChI=1S/C19H26O6/c1-4-16(17(20)11-18(21)22)13-5-7-14(8-6-13)23-10-9-15-12-24-19(2,3)25-15/h5-8,15-16H,4,9-12H2,1-3H3,(H,21,22). The Morgan fingerprint density at radius 2 is 2.00 bits per heavy atom. The fourth-order valence-corrected chi connectivity index (χ4v) is 2.93. The highest BCUT2D eigenvalue weighted by Crippen LogP contribution is 2.26. The number of carboxylic acids is 1. The summed E-state index contributed by atoms with van der Waals surface area (Å²) in [6.45, 7) is 6.74. The lowest BCUT2D eigenvalue weighted by atomic mass is 9.91. The second-order valence-electron chi connectivity index (χ2n) is 6.65. The van der Waals surface area contributed by atoms with Gasteiger partial charge in [0.1, 0.15) is 12.2 Å². The summed E-state index contributed by atoms with van der Waals surface area (Å²) >= 11 is 0. The zero-order valence-electron chi connectivity index (χ0n) is 15.0. The Morgan fingerprint density at radius 1 is 1.32 bits per heavy atom. The van der Waals surface area contributed by atoms with Crippen LogP contribution < -0.4 is 4.74 Å². The second-order valence-corrected chi connectivity index (χ2v) is 6.65. The van der Waals surface area contributed by atoms with Crippen LogP contribution in [0.25, 0.3) is 0 Å². The van der Waals surface area contributed by atoms with Gasteiger partial charge in [-0.2, -0.15) is 0 Å². The normalized spacial score (nSPS) is 20.2. The van der Waals surface area contributed by atoms with Crippen molar-refractivity contribution in [3.05, 3.63) is 29.8 Å². The summed E-state index contributed by atoms with van der Waals surface area (Å²) in [6, 6.07) is 7.26. The quantitative estimate of drug-likeness (QED) is 0.689. The SMILES string of the molecule is CCC(C(=O)CC(=O)O)c1ccc(OCCC2COC(C)(C)O2)cc1. The summed E-state index contributed by atoms with van der Waals surface area (Å²) in [6.07, 6.45) is 0.893. The van der Waals surface area contributed by atoms with E-state index in [0.29, 0.717) is 25.4 Å². The Kier molecular flexibility index (Phi) is 6.56. The monoisotopic (exact) mass is 350 g/mol.